The molecule has 1 saturated heterocycles. The number of hydrogen-bond acceptors (Lipinski definition) is 5. The lowest BCUT2D eigenvalue weighted by Gasteiger charge is -2.16. The number of anilines is 1. The second kappa shape index (κ2) is 8.81. The van der Waals surface area contributed by atoms with Crippen molar-refractivity contribution in [3.63, 3.8) is 0 Å². The highest BCUT2D eigenvalue weighted by Crippen LogP contribution is 2.27. The standard InChI is InChI=1S/C24H21N3O4/c1-16-7-9-17(10-8-16)23(29)26-25-21-15-22(28)27(24(21)30)18-11-13-20(14-12-18)31-19-5-3-2-4-6-19/h2-14,21,25H,15H2,1H3,(H,26,29)/t21-/m1/s1. The molecule has 1 atom stereocenters. The summed E-state index contributed by atoms with van der Waals surface area (Å²) >= 11 is 0. The predicted octanol–water partition coefficient (Wildman–Crippen LogP) is 3.35. The Labute approximate surface area is 179 Å². The minimum atomic E-state index is -0.831. The normalized spacial score (nSPS) is 15.8. The van der Waals surface area contributed by atoms with Gasteiger partial charge < -0.3 is 4.74 Å². The van der Waals surface area contributed by atoms with Gasteiger partial charge in [-0.1, -0.05) is 35.9 Å². The van der Waals surface area contributed by atoms with Crippen LogP contribution >= 0.6 is 0 Å². The van der Waals surface area contributed by atoms with Gasteiger partial charge in [0, 0.05) is 5.56 Å². The minimum Gasteiger partial charge on any atom is -0.457 e. The van der Waals surface area contributed by atoms with E-state index in [-0.39, 0.29) is 18.2 Å². The van der Waals surface area contributed by atoms with Crippen LogP contribution in [0.25, 0.3) is 0 Å². The van der Waals surface area contributed by atoms with Crippen LogP contribution in [-0.2, 0) is 9.59 Å². The number of amides is 3. The molecule has 3 amide bonds. The number of ether oxygens (including phenoxy) is 1. The van der Waals surface area contributed by atoms with Gasteiger partial charge in [0.1, 0.15) is 17.5 Å². The van der Waals surface area contributed by atoms with Gasteiger partial charge in [-0.2, -0.15) is 0 Å². The molecule has 31 heavy (non-hydrogen) atoms. The van der Waals surface area contributed by atoms with E-state index in [1.54, 1.807) is 36.4 Å². The number of imide groups is 1. The smallest absolute Gasteiger partial charge is 0.265 e. The molecule has 1 aliphatic rings. The van der Waals surface area contributed by atoms with Gasteiger partial charge in [0.15, 0.2) is 0 Å². The van der Waals surface area contributed by atoms with Crippen LogP contribution in [0, 0.1) is 6.92 Å². The quantitative estimate of drug-likeness (QED) is 0.476. The number of rotatable bonds is 6. The Balaban J connectivity index is 1.38. The van der Waals surface area contributed by atoms with Gasteiger partial charge in [-0.15, -0.1) is 0 Å². The summed E-state index contributed by atoms with van der Waals surface area (Å²) < 4.78 is 5.74. The second-order valence-corrected chi connectivity index (χ2v) is 7.20. The van der Waals surface area contributed by atoms with E-state index in [1.807, 2.05) is 49.4 Å². The lowest BCUT2D eigenvalue weighted by molar-refractivity contribution is -0.121. The minimum absolute atomic E-state index is 0.0464. The zero-order chi connectivity index (χ0) is 21.8. The largest absolute Gasteiger partial charge is 0.457 e. The van der Waals surface area contributed by atoms with E-state index < -0.39 is 11.9 Å². The molecule has 0 unspecified atom stereocenters. The maximum absolute atomic E-state index is 12.7. The number of aryl methyl sites for hydroxylation is 1. The number of benzene rings is 3. The zero-order valence-electron chi connectivity index (χ0n) is 16.9. The highest BCUT2D eigenvalue weighted by atomic mass is 16.5. The second-order valence-electron chi connectivity index (χ2n) is 7.20. The fraction of sp³-hybridized carbons (Fsp3) is 0.125. The lowest BCUT2D eigenvalue weighted by atomic mass is 10.1. The number of para-hydroxylation sites is 1. The first-order chi connectivity index (χ1) is 15.0. The molecule has 0 spiro atoms. The number of carbonyl (C=O) groups is 3. The van der Waals surface area contributed by atoms with Crippen molar-refractivity contribution in [2.24, 2.45) is 0 Å². The molecule has 3 aromatic rings. The Bertz CT molecular complexity index is 1100. The van der Waals surface area contributed by atoms with Crippen LogP contribution in [0.4, 0.5) is 5.69 Å². The van der Waals surface area contributed by atoms with Crippen molar-refractivity contribution >= 4 is 23.4 Å². The third-order valence-corrected chi connectivity index (χ3v) is 4.89. The number of hydrazine groups is 1. The molecule has 1 heterocycles. The topological polar surface area (TPSA) is 87.7 Å². The van der Waals surface area contributed by atoms with Gasteiger partial charge in [0.25, 0.3) is 11.8 Å². The molecule has 1 aliphatic heterocycles. The molecule has 3 aromatic carbocycles. The van der Waals surface area contributed by atoms with Crippen LogP contribution in [0.1, 0.15) is 22.3 Å². The van der Waals surface area contributed by atoms with Crippen molar-refractivity contribution in [2.45, 2.75) is 19.4 Å². The summed E-state index contributed by atoms with van der Waals surface area (Å²) in [4.78, 5) is 38.5. The molecule has 4 rings (SSSR count). The van der Waals surface area contributed by atoms with Crippen LogP contribution < -0.4 is 20.5 Å². The number of nitrogens with one attached hydrogen (secondary N) is 2. The van der Waals surface area contributed by atoms with Gasteiger partial charge >= 0.3 is 0 Å². The first-order valence-electron chi connectivity index (χ1n) is 9.83. The van der Waals surface area contributed by atoms with Crippen LogP contribution in [0.5, 0.6) is 11.5 Å². The maximum atomic E-state index is 12.7. The number of carbonyl (C=O) groups excluding carboxylic acids is 3. The average Bonchev–Trinajstić information content (AvgIpc) is 3.07. The third kappa shape index (κ3) is 4.62. The Morgan fingerprint density at radius 2 is 1.55 bits per heavy atom. The zero-order valence-corrected chi connectivity index (χ0v) is 16.9. The van der Waals surface area contributed by atoms with E-state index in [9.17, 15) is 14.4 Å². The molecule has 7 nitrogen and oxygen atoms in total. The van der Waals surface area contributed by atoms with Crippen molar-refractivity contribution in [3.8, 4) is 11.5 Å². The van der Waals surface area contributed by atoms with Crippen molar-refractivity contribution < 1.29 is 19.1 Å². The van der Waals surface area contributed by atoms with Gasteiger partial charge in [-0.05, 0) is 55.5 Å². The van der Waals surface area contributed by atoms with Crippen LogP contribution in [0.15, 0.2) is 78.9 Å². The molecule has 0 aliphatic carbocycles. The highest BCUT2D eigenvalue weighted by molar-refractivity contribution is 6.22. The van der Waals surface area contributed by atoms with E-state index in [0.717, 1.165) is 10.5 Å². The van der Waals surface area contributed by atoms with Gasteiger partial charge in [-0.25, -0.2) is 10.3 Å². The molecule has 156 valence electrons. The van der Waals surface area contributed by atoms with Crippen molar-refractivity contribution in [2.75, 3.05) is 4.90 Å². The van der Waals surface area contributed by atoms with E-state index in [2.05, 4.69) is 10.9 Å². The summed E-state index contributed by atoms with van der Waals surface area (Å²) in [5.41, 5.74) is 7.14. The Hall–Kier alpha value is -3.97. The lowest BCUT2D eigenvalue weighted by Crippen LogP contribution is -2.48. The molecule has 0 saturated carbocycles. The van der Waals surface area contributed by atoms with Crippen molar-refractivity contribution in [3.05, 3.63) is 90.0 Å². The third-order valence-electron chi connectivity index (χ3n) is 4.89. The first-order valence-corrected chi connectivity index (χ1v) is 9.83. The Kier molecular flexibility index (Phi) is 5.77. The summed E-state index contributed by atoms with van der Waals surface area (Å²) in [6.45, 7) is 1.93. The summed E-state index contributed by atoms with van der Waals surface area (Å²) in [5.74, 6) is 0.141. The molecule has 2 N–H and O–H groups in total. The van der Waals surface area contributed by atoms with Gasteiger partial charge in [0.05, 0.1) is 12.1 Å². The average molecular weight is 415 g/mol. The molecular formula is C24H21N3O4. The van der Waals surface area contributed by atoms with Crippen LogP contribution in [0.3, 0.4) is 0 Å². The van der Waals surface area contributed by atoms with E-state index >= 15 is 0 Å². The maximum Gasteiger partial charge on any atom is 0.265 e. The predicted molar refractivity (Wildman–Crippen MR) is 116 cm³/mol. The van der Waals surface area contributed by atoms with E-state index in [4.69, 9.17) is 4.74 Å². The molecular weight excluding hydrogens is 394 g/mol. The van der Waals surface area contributed by atoms with Gasteiger partial charge in [-0.3, -0.25) is 19.8 Å². The van der Waals surface area contributed by atoms with E-state index in [0.29, 0.717) is 22.7 Å². The van der Waals surface area contributed by atoms with Gasteiger partial charge in [0.2, 0.25) is 5.91 Å². The van der Waals surface area contributed by atoms with E-state index in [1.165, 1.54) is 0 Å². The van der Waals surface area contributed by atoms with Crippen molar-refractivity contribution in [1.82, 2.24) is 10.9 Å². The van der Waals surface area contributed by atoms with Crippen LogP contribution in [0.2, 0.25) is 0 Å². The SMILES string of the molecule is Cc1ccc(C(=O)NN[C@@H]2CC(=O)N(c3ccc(Oc4ccccc4)cc3)C2=O)cc1. The Morgan fingerprint density at radius 3 is 2.23 bits per heavy atom. The highest BCUT2D eigenvalue weighted by Gasteiger charge is 2.39. The first kappa shape index (κ1) is 20.3. The molecule has 0 radical (unpaired) electrons. The summed E-state index contributed by atoms with van der Waals surface area (Å²) in [5, 5.41) is 0. The van der Waals surface area contributed by atoms with Crippen molar-refractivity contribution in [1.29, 1.82) is 0 Å². The summed E-state index contributed by atoms with van der Waals surface area (Å²) in [6, 6.07) is 22.2. The molecule has 0 bridgehead atoms. The van der Waals surface area contributed by atoms with Crippen LogP contribution in [-0.4, -0.2) is 23.8 Å². The number of hydrogen-bond donors (Lipinski definition) is 2. The molecule has 7 heteroatoms. The summed E-state index contributed by atoms with van der Waals surface area (Å²) in [6.07, 6.45) is -0.0464. The Morgan fingerprint density at radius 1 is 0.903 bits per heavy atom. The molecule has 1 fully saturated rings. The fourth-order valence-electron chi connectivity index (χ4n) is 3.23. The summed E-state index contributed by atoms with van der Waals surface area (Å²) in [7, 11) is 0. The molecule has 0 aromatic heterocycles. The fourth-order valence-corrected chi connectivity index (χ4v) is 3.23. The number of nitrogens with zero attached hydrogens (tertiary/aromatic N) is 1. The monoisotopic (exact) mass is 415 g/mol.